The van der Waals surface area contributed by atoms with Gasteiger partial charge < -0.3 is 14.8 Å². The van der Waals surface area contributed by atoms with Gasteiger partial charge in [-0.25, -0.2) is 12.8 Å². The number of carbonyl (C=O) groups is 2. The van der Waals surface area contributed by atoms with Crippen LogP contribution in [-0.2, 0) is 29.8 Å². The maximum absolute atomic E-state index is 13.0. The van der Waals surface area contributed by atoms with Crippen LogP contribution in [0.2, 0.25) is 0 Å². The Hall–Kier alpha value is -3.92. The highest BCUT2D eigenvalue weighted by atomic mass is 32.2. The lowest BCUT2D eigenvalue weighted by molar-refractivity contribution is -0.146. The van der Waals surface area contributed by atoms with Crippen molar-refractivity contribution >= 4 is 33.3 Å². The van der Waals surface area contributed by atoms with Gasteiger partial charge in [0.05, 0.1) is 16.9 Å². The predicted octanol–water partition coefficient (Wildman–Crippen LogP) is 4.24. The summed E-state index contributed by atoms with van der Waals surface area (Å²) in [6.07, 6.45) is 1.49. The summed E-state index contributed by atoms with van der Waals surface area (Å²) in [6.45, 7) is 1.83. The van der Waals surface area contributed by atoms with Gasteiger partial charge in [0.1, 0.15) is 11.6 Å². The van der Waals surface area contributed by atoms with Crippen molar-refractivity contribution in [3.05, 3.63) is 84.2 Å². The number of esters is 1. The molecule has 8 nitrogen and oxygen atoms in total. The van der Waals surface area contributed by atoms with E-state index in [1.54, 1.807) is 31.2 Å². The van der Waals surface area contributed by atoms with E-state index in [-0.39, 0.29) is 23.2 Å². The Morgan fingerprint density at radius 3 is 2.11 bits per heavy atom. The monoisotopic (exact) mass is 512 g/mol. The van der Waals surface area contributed by atoms with Gasteiger partial charge in [-0.1, -0.05) is 12.1 Å². The zero-order valence-corrected chi connectivity index (χ0v) is 20.3. The average Bonchev–Trinajstić information content (AvgIpc) is 3.67. The van der Waals surface area contributed by atoms with Crippen LogP contribution in [0.5, 0.6) is 5.75 Å². The summed E-state index contributed by atoms with van der Waals surface area (Å²) in [5, 5.41) is 2.72. The van der Waals surface area contributed by atoms with Crippen molar-refractivity contribution < 1.29 is 31.9 Å². The van der Waals surface area contributed by atoms with Crippen molar-refractivity contribution in [3.63, 3.8) is 0 Å². The number of benzene rings is 3. The summed E-state index contributed by atoms with van der Waals surface area (Å²) in [4.78, 5) is 24.5. The van der Waals surface area contributed by atoms with Crippen LogP contribution < -0.4 is 14.8 Å². The van der Waals surface area contributed by atoms with Crippen molar-refractivity contribution in [3.8, 4) is 5.75 Å². The van der Waals surface area contributed by atoms with Crippen molar-refractivity contribution in [1.82, 2.24) is 0 Å². The Morgan fingerprint density at radius 1 is 0.917 bits per heavy atom. The number of halogens is 1. The molecule has 0 spiro atoms. The van der Waals surface area contributed by atoms with Crippen LogP contribution >= 0.6 is 0 Å². The van der Waals surface area contributed by atoms with E-state index in [0.29, 0.717) is 18.0 Å². The summed E-state index contributed by atoms with van der Waals surface area (Å²) in [5.74, 6) is -0.781. The Balaban J connectivity index is 1.29. The van der Waals surface area contributed by atoms with Crippen molar-refractivity contribution in [1.29, 1.82) is 0 Å². The number of nitrogens with one attached hydrogen (secondary N) is 2. The lowest BCUT2D eigenvalue weighted by Gasteiger charge is -2.15. The molecule has 36 heavy (non-hydrogen) atoms. The molecule has 0 aliphatic heterocycles. The van der Waals surface area contributed by atoms with Crippen LogP contribution in [0.1, 0.15) is 25.3 Å². The lowest BCUT2D eigenvalue weighted by atomic mass is 9.96. The quantitative estimate of drug-likeness (QED) is 0.393. The topological polar surface area (TPSA) is 111 Å². The molecule has 2 N–H and O–H groups in total. The molecule has 0 unspecified atom stereocenters. The third-order valence-electron chi connectivity index (χ3n) is 5.74. The second kappa shape index (κ2) is 10.4. The highest BCUT2D eigenvalue weighted by Gasteiger charge is 2.52. The minimum atomic E-state index is -3.87. The van der Waals surface area contributed by atoms with Gasteiger partial charge in [0.2, 0.25) is 0 Å². The van der Waals surface area contributed by atoms with Gasteiger partial charge in [-0.3, -0.25) is 14.3 Å². The summed E-state index contributed by atoms with van der Waals surface area (Å²) < 4.78 is 51.0. The van der Waals surface area contributed by atoms with E-state index in [1.807, 2.05) is 0 Å². The summed E-state index contributed by atoms with van der Waals surface area (Å²) in [5.41, 5.74) is 1.07. The second-order valence-electron chi connectivity index (χ2n) is 8.30. The molecule has 0 atom stereocenters. The van der Waals surface area contributed by atoms with E-state index >= 15 is 0 Å². The molecule has 10 heteroatoms. The van der Waals surface area contributed by atoms with E-state index in [0.717, 1.165) is 30.5 Å². The van der Waals surface area contributed by atoms with Crippen LogP contribution in [0.15, 0.2) is 77.7 Å². The molecule has 3 aromatic rings. The van der Waals surface area contributed by atoms with E-state index < -0.39 is 27.2 Å². The molecule has 3 aromatic carbocycles. The van der Waals surface area contributed by atoms with Crippen LogP contribution in [0.4, 0.5) is 15.8 Å². The fourth-order valence-electron chi connectivity index (χ4n) is 3.67. The maximum atomic E-state index is 13.0. The number of amides is 1. The molecule has 0 aromatic heterocycles. The molecular formula is C26H25FN2O6S. The Bertz CT molecular complexity index is 1340. The Kier molecular flexibility index (Phi) is 7.25. The normalized spacial score (nSPS) is 13.9. The number of rotatable bonds is 10. The minimum absolute atomic E-state index is 0.0139. The third kappa shape index (κ3) is 5.83. The molecule has 0 radical (unpaired) electrons. The van der Waals surface area contributed by atoms with E-state index in [1.165, 1.54) is 36.4 Å². The predicted molar refractivity (Wildman–Crippen MR) is 132 cm³/mol. The molecule has 1 aliphatic carbocycles. The van der Waals surface area contributed by atoms with E-state index in [4.69, 9.17) is 9.47 Å². The van der Waals surface area contributed by atoms with Crippen LogP contribution in [0.25, 0.3) is 0 Å². The van der Waals surface area contributed by atoms with Gasteiger partial charge in [0, 0.05) is 11.4 Å². The van der Waals surface area contributed by atoms with Crippen molar-refractivity contribution in [2.24, 2.45) is 0 Å². The summed E-state index contributed by atoms with van der Waals surface area (Å²) in [6, 6.07) is 17.6. The maximum Gasteiger partial charge on any atom is 0.316 e. The van der Waals surface area contributed by atoms with E-state index in [2.05, 4.69) is 10.0 Å². The molecule has 0 saturated heterocycles. The van der Waals surface area contributed by atoms with Gasteiger partial charge in [0.25, 0.3) is 15.9 Å². The molecule has 1 fully saturated rings. The third-order valence-corrected chi connectivity index (χ3v) is 7.14. The highest BCUT2D eigenvalue weighted by molar-refractivity contribution is 7.92. The molecule has 1 aliphatic rings. The first-order valence-electron chi connectivity index (χ1n) is 11.3. The molecule has 1 saturated carbocycles. The van der Waals surface area contributed by atoms with Crippen molar-refractivity contribution in [2.75, 3.05) is 23.3 Å². The van der Waals surface area contributed by atoms with Crippen LogP contribution in [-0.4, -0.2) is 33.5 Å². The SMILES string of the molecule is CCOC(=O)C1(c2ccc(NC(=O)COc3ccc(S(=O)(=O)Nc4ccc(F)cc4)cc3)cc2)CC1. The van der Waals surface area contributed by atoms with E-state index in [9.17, 15) is 22.4 Å². The molecule has 1 amide bonds. The standard InChI is InChI=1S/C26H25FN2O6S/c1-2-34-25(31)26(15-16-26)18-3-7-20(8-4-18)28-24(30)17-35-22-11-13-23(14-12-22)36(32,33)29-21-9-5-19(27)6-10-21/h3-14,29H,2,15-17H2,1H3,(H,28,30). The van der Waals surface area contributed by atoms with Gasteiger partial charge in [-0.05, 0) is 86.0 Å². The molecule has 0 heterocycles. The largest absolute Gasteiger partial charge is 0.484 e. The van der Waals surface area contributed by atoms with Crippen LogP contribution in [0, 0.1) is 5.82 Å². The zero-order valence-electron chi connectivity index (χ0n) is 19.5. The number of hydrogen-bond donors (Lipinski definition) is 2. The number of anilines is 2. The van der Waals surface area contributed by atoms with Gasteiger partial charge in [-0.2, -0.15) is 0 Å². The number of carbonyl (C=O) groups excluding carboxylic acids is 2. The molecular weight excluding hydrogens is 487 g/mol. The Morgan fingerprint density at radius 2 is 1.53 bits per heavy atom. The summed E-state index contributed by atoms with van der Waals surface area (Å²) in [7, 11) is -3.87. The first-order chi connectivity index (χ1) is 17.2. The van der Waals surface area contributed by atoms with Crippen molar-refractivity contribution in [2.45, 2.75) is 30.1 Å². The fourth-order valence-corrected chi connectivity index (χ4v) is 4.73. The molecule has 0 bridgehead atoms. The zero-order chi connectivity index (χ0) is 25.8. The van der Waals surface area contributed by atoms with Gasteiger partial charge in [0.15, 0.2) is 6.61 Å². The first kappa shape index (κ1) is 25.2. The number of ether oxygens (including phenoxy) is 2. The number of sulfonamides is 1. The van der Waals surface area contributed by atoms with Gasteiger partial charge >= 0.3 is 5.97 Å². The summed E-state index contributed by atoms with van der Waals surface area (Å²) >= 11 is 0. The second-order valence-corrected chi connectivity index (χ2v) is 9.98. The van der Waals surface area contributed by atoms with Gasteiger partial charge in [-0.15, -0.1) is 0 Å². The smallest absolute Gasteiger partial charge is 0.316 e. The Labute approximate surface area is 208 Å². The minimum Gasteiger partial charge on any atom is -0.484 e. The van der Waals surface area contributed by atoms with Crippen LogP contribution in [0.3, 0.4) is 0 Å². The fraction of sp³-hybridized carbons (Fsp3) is 0.231. The average molecular weight is 513 g/mol. The highest BCUT2D eigenvalue weighted by Crippen LogP contribution is 2.49. The lowest BCUT2D eigenvalue weighted by Crippen LogP contribution is -2.23. The molecule has 188 valence electrons. The first-order valence-corrected chi connectivity index (χ1v) is 12.8. The molecule has 4 rings (SSSR count). The number of hydrogen-bond acceptors (Lipinski definition) is 6.